The number of aliphatic hydroxyl groups excluding tert-OH is 1. The number of halogens is 2. The number of hydrogen-bond acceptors (Lipinski definition) is 2. The zero-order valence-electron chi connectivity index (χ0n) is 9.63. The largest absolute Gasteiger partial charge is 0.391 e. The van der Waals surface area contributed by atoms with E-state index in [-0.39, 0.29) is 18.3 Å². The van der Waals surface area contributed by atoms with Crippen molar-refractivity contribution >= 4 is 11.6 Å². The summed E-state index contributed by atoms with van der Waals surface area (Å²) >= 11 is 5.94. The third kappa shape index (κ3) is 3.18. The molecule has 2 N–H and O–H groups in total. The van der Waals surface area contributed by atoms with Crippen molar-refractivity contribution in [1.82, 2.24) is 5.32 Å². The molecule has 0 spiro atoms. The van der Waals surface area contributed by atoms with Gasteiger partial charge < -0.3 is 10.4 Å². The first-order valence-electron chi connectivity index (χ1n) is 6.03. The van der Waals surface area contributed by atoms with Crippen LogP contribution in [-0.4, -0.2) is 23.8 Å². The van der Waals surface area contributed by atoms with Crippen molar-refractivity contribution in [3.63, 3.8) is 0 Å². The van der Waals surface area contributed by atoms with Gasteiger partial charge in [-0.3, -0.25) is 0 Å². The Morgan fingerprint density at radius 2 is 2.29 bits per heavy atom. The Hall–Kier alpha value is -0.640. The monoisotopic (exact) mass is 257 g/mol. The summed E-state index contributed by atoms with van der Waals surface area (Å²) in [5, 5.41) is 13.7. The van der Waals surface area contributed by atoms with Crippen LogP contribution in [0.2, 0.25) is 5.02 Å². The summed E-state index contributed by atoms with van der Waals surface area (Å²) in [6, 6.07) is 4.66. The van der Waals surface area contributed by atoms with Crippen LogP contribution < -0.4 is 5.32 Å². The van der Waals surface area contributed by atoms with Gasteiger partial charge in [0.2, 0.25) is 0 Å². The van der Waals surface area contributed by atoms with Gasteiger partial charge in [-0.15, -0.1) is 0 Å². The van der Waals surface area contributed by atoms with Gasteiger partial charge in [0, 0.05) is 23.0 Å². The van der Waals surface area contributed by atoms with E-state index in [2.05, 4.69) is 5.32 Å². The Bertz CT molecular complexity index is 359. The standard InChI is InChI=1S/C13H17ClFNO/c14-10-4-3-5-11(15)9(10)8-13(17)12-6-1-2-7-16-12/h3-5,12-13,16-17H,1-2,6-8H2. The smallest absolute Gasteiger partial charge is 0.127 e. The van der Waals surface area contributed by atoms with Gasteiger partial charge in [-0.2, -0.15) is 0 Å². The summed E-state index contributed by atoms with van der Waals surface area (Å²) in [4.78, 5) is 0. The topological polar surface area (TPSA) is 32.3 Å². The molecule has 1 saturated heterocycles. The fourth-order valence-corrected chi connectivity index (χ4v) is 2.53. The Balaban J connectivity index is 2.04. The molecule has 0 radical (unpaired) electrons. The van der Waals surface area contributed by atoms with Gasteiger partial charge in [0.1, 0.15) is 5.82 Å². The van der Waals surface area contributed by atoms with Crippen LogP contribution in [-0.2, 0) is 6.42 Å². The molecule has 2 rings (SSSR count). The molecule has 1 aliphatic rings. The third-order valence-corrected chi connectivity index (χ3v) is 3.64. The van der Waals surface area contributed by atoms with Crippen molar-refractivity contribution in [3.05, 3.63) is 34.6 Å². The van der Waals surface area contributed by atoms with Gasteiger partial charge in [-0.25, -0.2) is 4.39 Å². The number of hydrogen-bond donors (Lipinski definition) is 2. The van der Waals surface area contributed by atoms with E-state index in [9.17, 15) is 9.50 Å². The van der Waals surface area contributed by atoms with Crippen molar-refractivity contribution < 1.29 is 9.50 Å². The molecule has 1 aliphatic heterocycles. The summed E-state index contributed by atoms with van der Waals surface area (Å²) in [6.07, 6.45) is 2.88. The predicted octanol–water partition coefficient (Wildman–Crippen LogP) is 2.52. The molecular weight excluding hydrogens is 241 g/mol. The van der Waals surface area contributed by atoms with Crippen molar-refractivity contribution in [3.8, 4) is 0 Å². The van der Waals surface area contributed by atoms with Gasteiger partial charge in [-0.05, 0) is 31.5 Å². The van der Waals surface area contributed by atoms with Crippen molar-refractivity contribution in [1.29, 1.82) is 0 Å². The Morgan fingerprint density at radius 1 is 1.47 bits per heavy atom. The van der Waals surface area contributed by atoms with Crippen LogP contribution in [0, 0.1) is 5.82 Å². The number of aliphatic hydroxyl groups is 1. The van der Waals surface area contributed by atoms with E-state index in [1.54, 1.807) is 12.1 Å². The highest BCUT2D eigenvalue weighted by Gasteiger charge is 2.23. The normalized spacial score (nSPS) is 22.4. The zero-order chi connectivity index (χ0) is 12.3. The van der Waals surface area contributed by atoms with Gasteiger partial charge in [0.25, 0.3) is 0 Å². The number of nitrogens with one attached hydrogen (secondary N) is 1. The molecule has 17 heavy (non-hydrogen) atoms. The maximum absolute atomic E-state index is 13.6. The van der Waals surface area contributed by atoms with Crippen LogP contribution in [0.3, 0.4) is 0 Å². The fourth-order valence-electron chi connectivity index (χ4n) is 2.29. The van der Waals surface area contributed by atoms with Crippen molar-refractivity contribution in [2.24, 2.45) is 0 Å². The van der Waals surface area contributed by atoms with Gasteiger partial charge in [-0.1, -0.05) is 24.1 Å². The quantitative estimate of drug-likeness (QED) is 0.872. The average Bonchev–Trinajstić information content (AvgIpc) is 2.35. The molecule has 1 fully saturated rings. The molecule has 2 nitrogen and oxygen atoms in total. The second-order valence-corrected chi connectivity index (χ2v) is 4.94. The lowest BCUT2D eigenvalue weighted by molar-refractivity contribution is 0.112. The molecule has 1 heterocycles. The molecule has 94 valence electrons. The van der Waals surface area contributed by atoms with E-state index in [1.165, 1.54) is 6.07 Å². The minimum absolute atomic E-state index is 0.0550. The average molecular weight is 258 g/mol. The second-order valence-electron chi connectivity index (χ2n) is 4.53. The van der Waals surface area contributed by atoms with Gasteiger partial charge in [0.05, 0.1) is 6.10 Å². The fraction of sp³-hybridized carbons (Fsp3) is 0.538. The van der Waals surface area contributed by atoms with E-state index in [0.29, 0.717) is 10.6 Å². The highest BCUT2D eigenvalue weighted by molar-refractivity contribution is 6.31. The minimum Gasteiger partial charge on any atom is -0.391 e. The summed E-state index contributed by atoms with van der Waals surface area (Å²) in [5.74, 6) is -0.340. The van der Waals surface area contributed by atoms with E-state index in [0.717, 1.165) is 25.8 Å². The highest BCUT2D eigenvalue weighted by atomic mass is 35.5. The van der Waals surface area contributed by atoms with Crippen molar-refractivity contribution in [2.75, 3.05) is 6.54 Å². The van der Waals surface area contributed by atoms with Crippen LogP contribution in [0.1, 0.15) is 24.8 Å². The first-order valence-corrected chi connectivity index (χ1v) is 6.40. The molecule has 2 unspecified atom stereocenters. The molecule has 0 aliphatic carbocycles. The van der Waals surface area contributed by atoms with Crippen LogP contribution in [0.4, 0.5) is 4.39 Å². The van der Waals surface area contributed by atoms with Gasteiger partial charge >= 0.3 is 0 Å². The van der Waals surface area contributed by atoms with E-state index >= 15 is 0 Å². The van der Waals surface area contributed by atoms with E-state index in [1.807, 2.05) is 0 Å². The molecular formula is C13H17ClFNO. The van der Waals surface area contributed by atoms with E-state index in [4.69, 9.17) is 11.6 Å². The first kappa shape index (κ1) is 12.8. The van der Waals surface area contributed by atoms with Crippen molar-refractivity contribution in [2.45, 2.75) is 37.8 Å². The number of piperidine rings is 1. The van der Waals surface area contributed by atoms with Gasteiger partial charge in [0.15, 0.2) is 0 Å². The molecule has 4 heteroatoms. The molecule has 0 aromatic heterocycles. The summed E-state index contributed by atoms with van der Waals surface area (Å²) in [6.45, 7) is 0.923. The lowest BCUT2D eigenvalue weighted by Crippen LogP contribution is -2.44. The Morgan fingerprint density at radius 3 is 2.94 bits per heavy atom. The Kier molecular flexibility index (Phi) is 4.37. The van der Waals surface area contributed by atoms with Crippen LogP contribution in [0.25, 0.3) is 0 Å². The molecule has 0 amide bonds. The molecule has 0 bridgehead atoms. The van der Waals surface area contributed by atoms with Crippen LogP contribution in [0.5, 0.6) is 0 Å². The van der Waals surface area contributed by atoms with Crippen LogP contribution >= 0.6 is 11.6 Å². The lowest BCUT2D eigenvalue weighted by atomic mass is 9.95. The predicted molar refractivity (Wildman–Crippen MR) is 66.8 cm³/mol. The minimum atomic E-state index is -0.579. The molecule has 1 aromatic carbocycles. The highest BCUT2D eigenvalue weighted by Crippen LogP contribution is 2.22. The molecule has 1 aromatic rings. The lowest BCUT2D eigenvalue weighted by Gasteiger charge is -2.28. The Labute approximate surface area is 106 Å². The summed E-state index contributed by atoms with van der Waals surface area (Å²) in [7, 11) is 0. The number of rotatable bonds is 3. The number of benzene rings is 1. The second kappa shape index (κ2) is 5.80. The van der Waals surface area contributed by atoms with Crippen LogP contribution in [0.15, 0.2) is 18.2 Å². The molecule has 2 atom stereocenters. The zero-order valence-corrected chi connectivity index (χ0v) is 10.4. The summed E-state index contributed by atoms with van der Waals surface area (Å²) < 4.78 is 13.6. The summed E-state index contributed by atoms with van der Waals surface area (Å²) in [5.41, 5.74) is 0.411. The maximum atomic E-state index is 13.6. The SMILES string of the molecule is OC(Cc1c(F)cccc1Cl)C1CCCCN1. The van der Waals surface area contributed by atoms with E-state index < -0.39 is 6.10 Å². The molecule has 0 saturated carbocycles. The first-order chi connectivity index (χ1) is 8.18. The third-order valence-electron chi connectivity index (χ3n) is 3.29. The maximum Gasteiger partial charge on any atom is 0.127 e.